The molecule has 1 saturated carbocycles. The quantitative estimate of drug-likeness (QED) is 0.432. The molecule has 2 aliphatic carbocycles. The van der Waals surface area contributed by atoms with Gasteiger partial charge in [-0.25, -0.2) is 4.79 Å². The van der Waals surface area contributed by atoms with E-state index in [0.717, 1.165) is 22.3 Å². The Bertz CT molecular complexity index is 972. The summed E-state index contributed by atoms with van der Waals surface area (Å²) in [4.78, 5) is 26.8. The number of amides is 1. The fraction of sp³-hybridized carbons (Fsp3) is 0.364. The zero-order valence-electron chi connectivity index (χ0n) is 16.3. The Morgan fingerprint density at radius 2 is 1.73 bits per heavy atom. The van der Waals surface area contributed by atoms with Gasteiger partial charge in [0.1, 0.15) is 6.61 Å². The fourth-order valence-electron chi connectivity index (χ4n) is 4.56. The van der Waals surface area contributed by atoms with Gasteiger partial charge in [-0.3, -0.25) is 4.79 Å². The van der Waals surface area contributed by atoms with Crippen molar-refractivity contribution in [1.82, 2.24) is 5.32 Å². The van der Waals surface area contributed by atoms with E-state index in [2.05, 4.69) is 27.5 Å². The van der Waals surface area contributed by atoms with Crippen LogP contribution in [-0.4, -0.2) is 35.9 Å². The van der Waals surface area contributed by atoms with Crippen LogP contribution in [0, 0.1) is 5.92 Å². The van der Waals surface area contributed by atoms with Crippen LogP contribution in [0.25, 0.3) is 21.6 Å². The molecule has 2 aromatic carbocycles. The third-order valence-corrected chi connectivity index (χ3v) is 6.00. The summed E-state index contributed by atoms with van der Waals surface area (Å²) in [5, 5.41) is 15.8. The van der Waals surface area contributed by atoms with Crippen molar-refractivity contribution in [2.75, 3.05) is 6.61 Å². The first kappa shape index (κ1) is 19.8. The maximum absolute atomic E-state index is 12.5. The van der Waals surface area contributed by atoms with Crippen molar-refractivity contribution < 1.29 is 19.4 Å². The molecule has 2 aliphatic rings. The number of benzene rings is 2. The number of aliphatic carboxylic acids is 1. The van der Waals surface area contributed by atoms with Gasteiger partial charge in [0, 0.05) is 22.9 Å². The van der Waals surface area contributed by atoms with Crippen molar-refractivity contribution in [3.8, 4) is 11.1 Å². The van der Waals surface area contributed by atoms with Crippen LogP contribution in [0.15, 0.2) is 53.6 Å². The first-order valence-electron chi connectivity index (χ1n) is 9.97. The lowest BCUT2D eigenvalue weighted by Crippen LogP contribution is -2.47. The molecule has 8 heteroatoms. The zero-order valence-corrected chi connectivity index (χ0v) is 16.3. The van der Waals surface area contributed by atoms with E-state index in [9.17, 15) is 14.7 Å². The molecule has 1 amide bonds. The lowest BCUT2D eigenvalue weighted by atomic mass is 9.82. The Labute approximate surface area is 173 Å². The highest BCUT2D eigenvalue weighted by molar-refractivity contribution is 5.79. The molecular formula is C22H22N4O4. The highest BCUT2D eigenvalue weighted by atomic mass is 16.5. The van der Waals surface area contributed by atoms with Gasteiger partial charge in [-0.1, -0.05) is 53.6 Å². The first-order valence-corrected chi connectivity index (χ1v) is 9.97. The van der Waals surface area contributed by atoms with E-state index in [1.807, 2.05) is 36.4 Å². The monoisotopic (exact) mass is 406 g/mol. The molecule has 8 nitrogen and oxygen atoms in total. The second-order valence-electron chi connectivity index (χ2n) is 7.69. The van der Waals surface area contributed by atoms with Gasteiger partial charge >= 0.3 is 12.1 Å². The SMILES string of the molecule is [N-]=[N+]=N[C@H]1CC[C@H](NC(=O)OCC2c3ccccc3-c3ccccc32)[C@@H](C(=O)O)C1. The molecule has 1 fully saturated rings. The van der Waals surface area contributed by atoms with Crippen molar-refractivity contribution in [3.05, 3.63) is 70.1 Å². The first-order chi connectivity index (χ1) is 14.6. The minimum Gasteiger partial charge on any atom is -0.481 e. The predicted octanol–water partition coefficient (Wildman–Crippen LogP) is 4.46. The van der Waals surface area contributed by atoms with Crippen LogP contribution in [0.2, 0.25) is 0 Å². The number of hydrogen-bond acceptors (Lipinski definition) is 4. The summed E-state index contributed by atoms with van der Waals surface area (Å²) in [6.45, 7) is 0.172. The number of carbonyl (C=O) groups excluding carboxylic acids is 1. The third kappa shape index (κ3) is 3.82. The van der Waals surface area contributed by atoms with Gasteiger partial charge in [0.25, 0.3) is 0 Å². The summed E-state index contributed by atoms with van der Waals surface area (Å²) >= 11 is 0. The van der Waals surface area contributed by atoms with Gasteiger partial charge in [0.15, 0.2) is 0 Å². The molecule has 3 atom stereocenters. The molecule has 0 saturated heterocycles. The highest BCUT2D eigenvalue weighted by Crippen LogP contribution is 2.44. The van der Waals surface area contributed by atoms with E-state index in [-0.39, 0.29) is 25.0 Å². The van der Waals surface area contributed by atoms with E-state index in [4.69, 9.17) is 10.3 Å². The number of alkyl carbamates (subject to hydrolysis) is 1. The molecule has 0 spiro atoms. The smallest absolute Gasteiger partial charge is 0.407 e. The van der Waals surface area contributed by atoms with Crippen LogP contribution in [0.4, 0.5) is 4.79 Å². The second-order valence-corrected chi connectivity index (χ2v) is 7.69. The van der Waals surface area contributed by atoms with Gasteiger partial charge in [0.05, 0.1) is 5.92 Å². The van der Waals surface area contributed by atoms with Gasteiger partial charge < -0.3 is 15.2 Å². The lowest BCUT2D eigenvalue weighted by Gasteiger charge is -2.32. The maximum Gasteiger partial charge on any atom is 0.407 e. The van der Waals surface area contributed by atoms with Crippen LogP contribution in [-0.2, 0) is 9.53 Å². The van der Waals surface area contributed by atoms with Crippen molar-refractivity contribution in [3.63, 3.8) is 0 Å². The van der Waals surface area contributed by atoms with Crippen LogP contribution in [0.5, 0.6) is 0 Å². The topological polar surface area (TPSA) is 124 Å². The normalized spacial score (nSPS) is 22.3. The van der Waals surface area contributed by atoms with E-state index in [0.29, 0.717) is 12.8 Å². The number of fused-ring (bicyclic) bond motifs is 3. The number of nitrogens with zero attached hydrogens (tertiary/aromatic N) is 3. The van der Waals surface area contributed by atoms with E-state index < -0.39 is 24.0 Å². The number of carbonyl (C=O) groups is 2. The molecule has 0 unspecified atom stereocenters. The van der Waals surface area contributed by atoms with Crippen molar-refractivity contribution in [2.24, 2.45) is 11.0 Å². The molecule has 30 heavy (non-hydrogen) atoms. The number of rotatable bonds is 5. The van der Waals surface area contributed by atoms with Crippen LogP contribution < -0.4 is 5.32 Å². The van der Waals surface area contributed by atoms with Crippen molar-refractivity contribution >= 4 is 12.1 Å². The molecular weight excluding hydrogens is 384 g/mol. The van der Waals surface area contributed by atoms with E-state index >= 15 is 0 Å². The standard InChI is InChI=1S/C22H22N4O4/c23-26-25-13-9-10-20(18(11-13)21(27)28)24-22(29)30-12-19-16-7-3-1-5-14(16)15-6-2-4-8-17(15)19/h1-8,13,18-20H,9-12H2,(H,24,29)(H,27,28)/t13-,18-,20-/m0/s1. The van der Waals surface area contributed by atoms with E-state index in [1.54, 1.807) is 0 Å². The molecule has 0 aromatic heterocycles. The number of carboxylic acid groups (broad SMARTS) is 1. The number of azide groups is 1. The zero-order chi connectivity index (χ0) is 21.1. The average molecular weight is 406 g/mol. The molecule has 0 heterocycles. The molecule has 0 bridgehead atoms. The summed E-state index contributed by atoms with van der Waals surface area (Å²) in [5.41, 5.74) is 13.1. The lowest BCUT2D eigenvalue weighted by molar-refractivity contribution is -0.143. The van der Waals surface area contributed by atoms with Crippen LogP contribution in [0.3, 0.4) is 0 Å². The molecule has 2 aromatic rings. The minimum atomic E-state index is -1.02. The van der Waals surface area contributed by atoms with Gasteiger partial charge in [-0.2, -0.15) is 0 Å². The summed E-state index contributed by atoms with van der Waals surface area (Å²) in [6.07, 6.45) is 0.524. The Morgan fingerprint density at radius 1 is 1.10 bits per heavy atom. The summed E-state index contributed by atoms with van der Waals surface area (Å²) < 4.78 is 5.52. The Hall–Kier alpha value is -3.51. The summed E-state index contributed by atoms with van der Waals surface area (Å²) in [5.74, 6) is -1.88. The number of hydrogen-bond donors (Lipinski definition) is 2. The van der Waals surface area contributed by atoms with Crippen molar-refractivity contribution in [2.45, 2.75) is 37.3 Å². The highest BCUT2D eigenvalue weighted by Gasteiger charge is 2.36. The predicted molar refractivity (Wildman–Crippen MR) is 110 cm³/mol. The Balaban J connectivity index is 1.42. The van der Waals surface area contributed by atoms with Crippen LogP contribution >= 0.6 is 0 Å². The van der Waals surface area contributed by atoms with Gasteiger partial charge in [-0.15, -0.1) is 0 Å². The average Bonchev–Trinajstić information content (AvgIpc) is 3.07. The van der Waals surface area contributed by atoms with E-state index in [1.165, 1.54) is 0 Å². The summed E-state index contributed by atoms with van der Waals surface area (Å²) in [7, 11) is 0. The number of nitrogens with one attached hydrogen (secondary N) is 1. The molecule has 4 rings (SSSR count). The molecule has 2 N–H and O–H groups in total. The van der Waals surface area contributed by atoms with Crippen molar-refractivity contribution in [1.29, 1.82) is 0 Å². The molecule has 0 radical (unpaired) electrons. The van der Waals surface area contributed by atoms with Crippen LogP contribution in [0.1, 0.15) is 36.3 Å². The third-order valence-electron chi connectivity index (χ3n) is 6.00. The van der Waals surface area contributed by atoms with Gasteiger partial charge in [-0.05, 0) is 47.0 Å². The number of ether oxygens (including phenoxy) is 1. The second kappa shape index (κ2) is 8.47. The Kier molecular flexibility index (Phi) is 5.59. The largest absolute Gasteiger partial charge is 0.481 e. The maximum atomic E-state index is 12.5. The Morgan fingerprint density at radius 3 is 2.33 bits per heavy atom. The number of carboxylic acids is 1. The molecule has 0 aliphatic heterocycles. The summed E-state index contributed by atoms with van der Waals surface area (Å²) in [6, 6.07) is 15.2. The minimum absolute atomic E-state index is 0.0564. The molecule has 154 valence electrons. The fourth-order valence-corrected chi connectivity index (χ4v) is 4.56. The van der Waals surface area contributed by atoms with Gasteiger partial charge in [0.2, 0.25) is 0 Å².